The van der Waals surface area contributed by atoms with Crippen molar-refractivity contribution in [2.45, 2.75) is 79.1 Å². The van der Waals surface area contributed by atoms with E-state index < -0.39 is 0 Å². The molecule has 0 atom stereocenters. The Labute approximate surface area is 249 Å². The Kier molecular flexibility index (Phi) is 5.41. The molecule has 0 fully saturated rings. The van der Waals surface area contributed by atoms with Crippen LogP contribution < -0.4 is 0 Å². The third-order valence-electron chi connectivity index (χ3n) is 10.2. The second kappa shape index (κ2) is 8.81. The molecule has 0 aromatic heterocycles. The average Bonchev–Trinajstić information content (AvgIpc) is 3.45. The Morgan fingerprint density at radius 1 is 0.286 bits per heavy atom. The van der Waals surface area contributed by atoms with Gasteiger partial charge in [-0.2, -0.15) is 0 Å². The maximum atomic E-state index is 2.52. The summed E-state index contributed by atoms with van der Waals surface area (Å²) in [4.78, 5) is 0. The van der Waals surface area contributed by atoms with Crippen LogP contribution in [0.4, 0.5) is 0 Å². The van der Waals surface area contributed by atoms with Crippen LogP contribution in [0.15, 0.2) is 72.8 Å². The smallest absolute Gasteiger partial charge is 0.00199 e. The molecule has 0 amide bonds. The zero-order valence-corrected chi connectivity index (χ0v) is 26.2. The van der Waals surface area contributed by atoms with Gasteiger partial charge < -0.3 is 0 Å². The molecule has 208 valence electrons. The molecular formula is C42H40. The molecule has 0 aliphatic carbocycles. The molecule has 0 unspecified atom stereocenters. The molecule has 0 N–H and O–H groups in total. The highest BCUT2D eigenvalue weighted by Crippen LogP contribution is 2.49. The van der Waals surface area contributed by atoms with E-state index in [4.69, 9.17) is 0 Å². The van der Waals surface area contributed by atoms with E-state index in [9.17, 15) is 0 Å². The van der Waals surface area contributed by atoms with E-state index in [0.717, 1.165) is 0 Å². The van der Waals surface area contributed by atoms with Crippen LogP contribution in [0.2, 0.25) is 0 Å². The SMILES string of the molecule is CC(C)c1cc2c(cc1C(C)C)c1cc3c(cc4c5cc(C(C)C)c(C(C)C)cc5c5cccc3c54)c3cccc2c31. The minimum Gasteiger partial charge on any atom is -0.0610 e. The van der Waals surface area contributed by atoms with Gasteiger partial charge in [0.15, 0.2) is 0 Å². The highest BCUT2D eigenvalue weighted by atomic mass is 14.3. The maximum Gasteiger partial charge on any atom is -0.00199 e. The van der Waals surface area contributed by atoms with Crippen LogP contribution in [0, 0.1) is 0 Å². The molecular weight excluding hydrogens is 504 g/mol. The zero-order chi connectivity index (χ0) is 29.2. The van der Waals surface area contributed by atoms with E-state index in [-0.39, 0.29) is 0 Å². The van der Waals surface area contributed by atoms with E-state index in [1.807, 2.05) is 0 Å². The Hall–Kier alpha value is -3.90. The summed E-state index contributed by atoms with van der Waals surface area (Å²) < 4.78 is 0. The van der Waals surface area contributed by atoms with Crippen molar-refractivity contribution in [1.82, 2.24) is 0 Å². The van der Waals surface area contributed by atoms with Crippen LogP contribution in [0.3, 0.4) is 0 Å². The van der Waals surface area contributed by atoms with Gasteiger partial charge in [0.05, 0.1) is 0 Å². The third-order valence-corrected chi connectivity index (χ3v) is 10.2. The van der Waals surface area contributed by atoms with Gasteiger partial charge in [-0.1, -0.05) is 91.8 Å². The van der Waals surface area contributed by atoms with Crippen LogP contribution >= 0.6 is 0 Å². The quantitative estimate of drug-likeness (QED) is 0.193. The van der Waals surface area contributed by atoms with Gasteiger partial charge in [0.2, 0.25) is 0 Å². The third kappa shape index (κ3) is 3.30. The van der Waals surface area contributed by atoms with Crippen molar-refractivity contribution in [3.8, 4) is 0 Å². The van der Waals surface area contributed by atoms with Crippen molar-refractivity contribution in [2.75, 3.05) is 0 Å². The van der Waals surface area contributed by atoms with Gasteiger partial charge >= 0.3 is 0 Å². The molecule has 8 rings (SSSR count). The van der Waals surface area contributed by atoms with Gasteiger partial charge in [0.25, 0.3) is 0 Å². The van der Waals surface area contributed by atoms with Gasteiger partial charge in [-0.15, -0.1) is 0 Å². The molecule has 42 heavy (non-hydrogen) atoms. The number of hydrogen-bond donors (Lipinski definition) is 0. The Balaban J connectivity index is 1.58. The first-order valence-electron chi connectivity index (χ1n) is 16.0. The van der Waals surface area contributed by atoms with Crippen LogP contribution in [0.1, 0.15) is 101 Å². The van der Waals surface area contributed by atoms with Gasteiger partial charge in [-0.05, 0) is 158 Å². The molecule has 0 nitrogen and oxygen atoms in total. The second-order valence-corrected chi connectivity index (χ2v) is 14.1. The lowest BCUT2D eigenvalue weighted by molar-refractivity contribution is 0.793. The van der Waals surface area contributed by atoms with Crippen LogP contribution in [0.5, 0.6) is 0 Å². The minimum absolute atomic E-state index is 0.498. The summed E-state index contributed by atoms with van der Waals surface area (Å²) in [5.74, 6) is 2.00. The zero-order valence-electron chi connectivity index (χ0n) is 26.2. The van der Waals surface area contributed by atoms with Crippen molar-refractivity contribution < 1.29 is 0 Å². The molecule has 0 bridgehead atoms. The number of benzene rings is 6. The first kappa shape index (κ1) is 25.8. The van der Waals surface area contributed by atoms with Crippen molar-refractivity contribution >= 4 is 75.4 Å². The molecule has 0 saturated heterocycles. The average molecular weight is 545 g/mol. The van der Waals surface area contributed by atoms with Gasteiger partial charge in [-0.25, -0.2) is 0 Å². The highest BCUT2D eigenvalue weighted by molar-refractivity contribution is 6.41. The molecule has 0 spiro atoms. The lowest BCUT2D eigenvalue weighted by Crippen LogP contribution is -1.98. The molecule has 0 aliphatic heterocycles. The van der Waals surface area contributed by atoms with E-state index in [1.54, 1.807) is 0 Å². The first-order chi connectivity index (χ1) is 20.2. The molecule has 8 aromatic carbocycles. The number of hydrogen-bond acceptors (Lipinski definition) is 0. The Bertz CT molecular complexity index is 2170. The minimum atomic E-state index is 0.498. The summed E-state index contributed by atoms with van der Waals surface area (Å²) in [6.07, 6.45) is 0. The summed E-state index contributed by atoms with van der Waals surface area (Å²) in [5.41, 5.74) is 5.96. The second-order valence-electron chi connectivity index (χ2n) is 14.1. The molecule has 0 aliphatic rings. The molecule has 0 heteroatoms. The van der Waals surface area contributed by atoms with Crippen molar-refractivity contribution in [3.05, 3.63) is 95.1 Å². The summed E-state index contributed by atoms with van der Waals surface area (Å²) in [6, 6.07) is 29.1. The molecule has 0 heterocycles. The fourth-order valence-electron chi connectivity index (χ4n) is 8.20. The lowest BCUT2D eigenvalue weighted by atomic mass is 9.88. The number of rotatable bonds is 4. The van der Waals surface area contributed by atoms with Crippen molar-refractivity contribution in [1.29, 1.82) is 0 Å². The van der Waals surface area contributed by atoms with E-state index >= 15 is 0 Å². The first-order valence-corrected chi connectivity index (χ1v) is 16.0. The standard InChI is InChI=1S/C42H40/c1-21(2)29-15-33-25-11-9-13-27-36-20-40-38-18-32(24(7)8)30(22(3)4)16-34(38)26-12-10-14-28(42(26)40)35(36)19-39(41(25)27)37(33)17-31(29)23(5)6/h9-24H,1-8H3. The van der Waals surface area contributed by atoms with Crippen molar-refractivity contribution in [2.24, 2.45) is 0 Å². The monoisotopic (exact) mass is 544 g/mol. The van der Waals surface area contributed by atoms with Gasteiger partial charge in [-0.3, -0.25) is 0 Å². The van der Waals surface area contributed by atoms with E-state index in [0.29, 0.717) is 23.7 Å². The summed E-state index contributed by atoms with van der Waals surface area (Å²) in [6.45, 7) is 18.7. The van der Waals surface area contributed by atoms with E-state index in [2.05, 4.69) is 128 Å². The van der Waals surface area contributed by atoms with Gasteiger partial charge in [0, 0.05) is 0 Å². The fraction of sp³-hybridized carbons (Fsp3) is 0.286. The topological polar surface area (TPSA) is 0 Å². The molecule has 0 radical (unpaired) electrons. The predicted molar refractivity (Wildman–Crippen MR) is 188 cm³/mol. The number of fused-ring (bicyclic) bond motifs is 9. The summed E-state index contributed by atoms with van der Waals surface area (Å²) in [5, 5.41) is 19.6. The van der Waals surface area contributed by atoms with Crippen LogP contribution in [-0.2, 0) is 0 Å². The summed E-state index contributed by atoms with van der Waals surface area (Å²) in [7, 11) is 0. The fourth-order valence-corrected chi connectivity index (χ4v) is 8.20. The van der Waals surface area contributed by atoms with Gasteiger partial charge in [0.1, 0.15) is 0 Å². The Morgan fingerprint density at radius 2 is 0.524 bits per heavy atom. The normalized spacial score (nSPS) is 13.1. The largest absolute Gasteiger partial charge is 0.0610 e. The van der Waals surface area contributed by atoms with Crippen LogP contribution in [-0.4, -0.2) is 0 Å². The Morgan fingerprint density at radius 3 is 0.786 bits per heavy atom. The van der Waals surface area contributed by atoms with Crippen LogP contribution in [0.25, 0.3) is 75.4 Å². The lowest BCUT2D eigenvalue weighted by Gasteiger charge is -2.16. The highest BCUT2D eigenvalue weighted by Gasteiger charge is 2.22. The van der Waals surface area contributed by atoms with Crippen molar-refractivity contribution in [3.63, 3.8) is 0 Å². The van der Waals surface area contributed by atoms with E-state index in [1.165, 1.54) is 97.7 Å². The summed E-state index contributed by atoms with van der Waals surface area (Å²) >= 11 is 0. The predicted octanol–water partition coefficient (Wildman–Crippen LogP) is 13.1. The molecule has 8 aromatic rings. The maximum absolute atomic E-state index is 2.52. The molecule has 0 saturated carbocycles.